The summed E-state index contributed by atoms with van der Waals surface area (Å²) in [7, 11) is 0. The Hall–Kier alpha value is -1.51. The molecule has 3 heteroatoms. The molecular formula is C28H48O3. The van der Waals surface area contributed by atoms with Crippen LogP contribution in [0.3, 0.4) is 0 Å². The smallest absolute Gasteiger partial charge is 0.306 e. The monoisotopic (exact) mass is 432 g/mol. The van der Waals surface area contributed by atoms with E-state index in [1.165, 1.54) is 57.8 Å². The zero-order valence-corrected chi connectivity index (χ0v) is 21.0. The van der Waals surface area contributed by atoms with E-state index in [-0.39, 0.29) is 17.8 Å². The Morgan fingerprint density at radius 3 is 1.71 bits per heavy atom. The summed E-state index contributed by atoms with van der Waals surface area (Å²) in [6, 6.07) is 4.09. The van der Waals surface area contributed by atoms with Gasteiger partial charge in [0.05, 0.1) is 6.61 Å². The molecule has 1 aromatic rings. The van der Waals surface area contributed by atoms with Gasteiger partial charge in [0.25, 0.3) is 0 Å². The minimum absolute atomic E-state index is 0.114. The molecule has 31 heavy (non-hydrogen) atoms. The number of rotatable bonds is 17. The predicted octanol–water partition coefficient (Wildman–Crippen LogP) is 8.43. The van der Waals surface area contributed by atoms with E-state index in [0.29, 0.717) is 25.2 Å². The highest BCUT2D eigenvalue weighted by atomic mass is 16.5. The topological polar surface area (TPSA) is 46.5 Å². The fraction of sp³-hybridized carbons (Fsp3) is 0.750. The number of esters is 1. The summed E-state index contributed by atoms with van der Waals surface area (Å²) in [5.41, 5.74) is 3.04. The zero-order chi connectivity index (χ0) is 23.1. The van der Waals surface area contributed by atoms with Gasteiger partial charge in [-0.05, 0) is 41.4 Å². The highest BCUT2D eigenvalue weighted by Crippen LogP contribution is 2.35. The Morgan fingerprint density at radius 2 is 1.26 bits per heavy atom. The van der Waals surface area contributed by atoms with Crippen molar-refractivity contribution in [1.82, 2.24) is 0 Å². The van der Waals surface area contributed by atoms with Crippen LogP contribution < -0.4 is 0 Å². The summed E-state index contributed by atoms with van der Waals surface area (Å²) >= 11 is 0. The van der Waals surface area contributed by atoms with Gasteiger partial charge in [0, 0.05) is 6.42 Å². The van der Waals surface area contributed by atoms with Gasteiger partial charge < -0.3 is 9.84 Å². The Balaban J connectivity index is 2.20. The number of benzene rings is 1. The van der Waals surface area contributed by atoms with Gasteiger partial charge in [-0.25, -0.2) is 0 Å². The lowest BCUT2D eigenvalue weighted by atomic mass is 9.90. The van der Waals surface area contributed by atoms with E-state index in [4.69, 9.17) is 4.74 Å². The molecular weight excluding hydrogens is 384 g/mol. The standard InChI is InChI=1S/C28H48O3/c1-6-7-8-9-10-11-12-13-14-15-16-19-31-27(29)18-17-24-20-25(22(2)3)28(30)26(21-24)23(4)5/h20-23,30H,6-19H2,1-5H3. The number of aromatic hydroxyl groups is 1. The van der Waals surface area contributed by atoms with Gasteiger partial charge in [0.1, 0.15) is 5.75 Å². The van der Waals surface area contributed by atoms with Gasteiger partial charge in [-0.2, -0.15) is 0 Å². The summed E-state index contributed by atoms with van der Waals surface area (Å²) in [6.07, 6.45) is 15.3. The van der Waals surface area contributed by atoms with Crippen molar-refractivity contribution in [2.75, 3.05) is 6.61 Å². The van der Waals surface area contributed by atoms with Gasteiger partial charge in [-0.1, -0.05) is 111 Å². The van der Waals surface area contributed by atoms with E-state index in [1.54, 1.807) is 0 Å². The summed E-state index contributed by atoms with van der Waals surface area (Å²) in [5.74, 6) is 0.807. The number of ether oxygens (including phenoxy) is 1. The predicted molar refractivity (Wildman–Crippen MR) is 132 cm³/mol. The van der Waals surface area contributed by atoms with Crippen LogP contribution in [-0.2, 0) is 16.0 Å². The van der Waals surface area contributed by atoms with Crippen LogP contribution in [0.5, 0.6) is 5.75 Å². The number of phenols is 1. The molecule has 0 aliphatic rings. The maximum atomic E-state index is 12.1. The number of hydrogen-bond donors (Lipinski definition) is 1. The fourth-order valence-corrected chi connectivity index (χ4v) is 4.04. The second-order valence-electron chi connectivity index (χ2n) is 9.69. The van der Waals surface area contributed by atoms with Crippen molar-refractivity contribution in [2.24, 2.45) is 0 Å². The second-order valence-corrected chi connectivity index (χ2v) is 9.69. The summed E-state index contributed by atoms with van der Waals surface area (Å²) in [6.45, 7) is 11.2. The average Bonchev–Trinajstić information content (AvgIpc) is 2.73. The molecule has 0 saturated carbocycles. The molecule has 178 valence electrons. The third-order valence-electron chi connectivity index (χ3n) is 6.10. The third-order valence-corrected chi connectivity index (χ3v) is 6.10. The van der Waals surface area contributed by atoms with Crippen molar-refractivity contribution in [3.05, 3.63) is 28.8 Å². The number of carbonyl (C=O) groups is 1. The molecule has 0 aliphatic heterocycles. The van der Waals surface area contributed by atoms with Crippen molar-refractivity contribution < 1.29 is 14.6 Å². The molecule has 0 radical (unpaired) electrons. The van der Waals surface area contributed by atoms with Crippen LogP contribution in [0.25, 0.3) is 0 Å². The largest absolute Gasteiger partial charge is 0.507 e. The lowest BCUT2D eigenvalue weighted by Crippen LogP contribution is -2.08. The molecule has 0 bridgehead atoms. The molecule has 0 aromatic heterocycles. The van der Waals surface area contributed by atoms with Crippen LogP contribution in [0, 0.1) is 0 Å². The van der Waals surface area contributed by atoms with Crippen LogP contribution in [0.1, 0.15) is 140 Å². The maximum Gasteiger partial charge on any atom is 0.306 e. The minimum Gasteiger partial charge on any atom is -0.507 e. The third kappa shape index (κ3) is 11.6. The maximum absolute atomic E-state index is 12.1. The Morgan fingerprint density at radius 1 is 0.806 bits per heavy atom. The second kappa shape index (κ2) is 16.2. The number of unbranched alkanes of at least 4 members (excludes halogenated alkanes) is 10. The number of hydrogen-bond acceptors (Lipinski definition) is 3. The molecule has 0 aliphatic carbocycles. The molecule has 0 spiro atoms. The Labute approximate surface area is 192 Å². The molecule has 1 N–H and O–H groups in total. The van der Waals surface area contributed by atoms with Crippen LogP contribution >= 0.6 is 0 Å². The highest BCUT2D eigenvalue weighted by Gasteiger charge is 2.15. The van der Waals surface area contributed by atoms with E-state index in [0.717, 1.165) is 29.5 Å². The summed E-state index contributed by atoms with van der Waals surface area (Å²) in [5, 5.41) is 10.5. The minimum atomic E-state index is -0.114. The average molecular weight is 433 g/mol. The van der Waals surface area contributed by atoms with Crippen molar-refractivity contribution >= 4 is 5.97 Å². The van der Waals surface area contributed by atoms with Crippen LogP contribution in [0.4, 0.5) is 0 Å². The first-order chi connectivity index (χ1) is 14.9. The van der Waals surface area contributed by atoms with E-state index >= 15 is 0 Å². The van der Waals surface area contributed by atoms with Gasteiger partial charge >= 0.3 is 5.97 Å². The van der Waals surface area contributed by atoms with E-state index in [1.807, 2.05) is 12.1 Å². The zero-order valence-electron chi connectivity index (χ0n) is 21.0. The van der Waals surface area contributed by atoms with Gasteiger partial charge in [0.2, 0.25) is 0 Å². The highest BCUT2D eigenvalue weighted by molar-refractivity contribution is 5.69. The summed E-state index contributed by atoms with van der Waals surface area (Å²) < 4.78 is 5.44. The first kappa shape index (κ1) is 27.5. The van der Waals surface area contributed by atoms with Gasteiger partial charge in [-0.15, -0.1) is 0 Å². The Bertz CT molecular complexity index is 590. The molecule has 0 fully saturated rings. The van der Waals surface area contributed by atoms with Crippen molar-refractivity contribution in [3.63, 3.8) is 0 Å². The van der Waals surface area contributed by atoms with Crippen molar-refractivity contribution in [2.45, 2.75) is 130 Å². The molecule has 1 rings (SSSR count). The van der Waals surface area contributed by atoms with Crippen molar-refractivity contribution in [1.29, 1.82) is 0 Å². The molecule has 0 atom stereocenters. The van der Waals surface area contributed by atoms with Crippen molar-refractivity contribution in [3.8, 4) is 5.75 Å². The molecule has 0 heterocycles. The SMILES string of the molecule is CCCCCCCCCCCCCOC(=O)CCc1cc(C(C)C)c(O)c(C(C)C)c1. The first-order valence-electron chi connectivity index (χ1n) is 12.9. The van der Waals surface area contributed by atoms with Crippen LogP contribution in [-0.4, -0.2) is 17.7 Å². The van der Waals surface area contributed by atoms with Gasteiger partial charge in [-0.3, -0.25) is 4.79 Å². The number of aryl methyl sites for hydroxylation is 1. The number of phenolic OH excluding ortho intramolecular Hbond substituents is 1. The quantitative estimate of drug-likeness (QED) is 0.198. The lowest BCUT2D eigenvalue weighted by molar-refractivity contribution is -0.143. The van der Waals surface area contributed by atoms with Gasteiger partial charge in [0.15, 0.2) is 0 Å². The molecule has 1 aromatic carbocycles. The van der Waals surface area contributed by atoms with E-state index in [2.05, 4.69) is 34.6 Å². The molecule has 0 unspecified atom stereocenters. The van der Waals surface area contributed by atoms with E-state index in [9.17, 15) is 9.90 Å². The summed E-state index contributed by atoms with van der Waals surface area (Å²) in [4.78, 5) is 12.1. The molecule has 0 saturated heterocycles. The number of carbonyl (C=O) groups excluding carboxylic acids is 1. The van der Waals surface area contributed by atoms with Crippen LogP contribution in [0.15, 0.2) is 12.1 Å². The molecule has 0 amide bonds. The Kier molecular flexibility index (Phi) is 14.4. The lowest BCUT2D eigenvalue weighted by Gasteiger charge is -2.17. The molecule has 3 nitrogen and oxygen atoms in total. The van der Waals surface area contributed by atoms with Crippen LogP contribution in [0.2, 0.25) is 0 Å². The van der Waals surface area contributed by atoms with E-state index < -0.39 is 0 Å². The fourth-order valence-electron chi connectivity index (χ4n) is 4.04. The first-order valence-corrected chi connectivity index (χ1v) is 12.9. The normalized spacial score (nSPS) is 11.5.